The molecule has 6 aliphatic rings. The van der Waals surface area contributed by atoms with E-state index in [1.807, 2.05) is 50.3 Å². The molecule has 0 radical (unpaired) electrons. The van der Waals surface area contributed by atoms with Crippen LogP contribution < -0.4 is 24.8 Å². The summed E-state index contributed by atoms with van der Waals surface area (Å²) in [5.74, 6) is 0.387. The lowest BCUT2D eigenvalue weighted by Crippen LogP contribution is -2.59. The molecule has 3 unspecified atom stereocenters. The highest BCUT2D eigenvalue weighted by molar-refractivity contribution is 7.91. The summed E-state index contributed by atoms with van der Waals surface area (Å²) in [6.45, 7) is 10.3. The number of aromatic nitrogens is 1. The summed E-state index contributed by atoms with van der Waals surface area (Å²) in [4.78, 5) is 63.0. The van der Waals surface area contributed by atoms with Crippen molar-refractivity contribution in [1.29, 1.82) is 0 Å². The SMILES string of the molecule is CCOc1ccc2c(O[C@@H]3C[C@H]4C(=O)N[C@]5(C(=O)NS(=O)(=O)C6(C)CC6)C[C@H]5/C=C\CC[C@H](C)C[C@@H](C)[C@H](NC(=O)OC5CC6C(C)[C@@H]6C5)C(=O)N4C3)nccc2c1. The van der Waals surface area contributed by atoms with Crippen LogP contribution in [0.25, 0.3) is 10.8 Å². The number of nitrogens with one attached hydrogen (secondary N) is 3. The van der Waals surface area contributed by atoms with E-state index in [2.05, 4.69) is 34.2 Å². The molecule has 14 nitrogen and oxygen atoms in total. The van der Waals surface area contributed by atoms with Gasteiger partial charge in [-0.25, -0.2) is 18.2 Å². The standard InChI is InChI=1S/C43H57N5O9S/c1-6-55-29-11-12-32-27(18-29)13-16-44-38(32)56-31-21-35-37(49)46-43(40(51)47-58(53,54)42(5)14-15-42)22-28(43)10-8-7-9-24(2)17-25(3)36(39(50)48(35)23-31)45-41(52)57-30-19-33-26(4)34(33)20-30/h8,10-13,16,18,24-26,28,30-31,33-36H,6-7,9,14-15,17,19-23H2,1-5H3,(H,45,52)(H,46,49)(H,47,51)/b10-8-/t24-,25+,26?,28+,30?,31+,33-,34?,35-,36-,43+/m0/s1. The number of hydrogen-bond donors (Lipinski definition) is 3. The minimum atomic E-state index is -3.99. The number of rotatable bonds is 9. The van der Waals surface area contributed by atoms with Crippen molar-refractivity contribution in [1.82, 2.24) is 25.2 Å². The molecule has 8 rings (SSSR count). The molecule has 3 heterocycles. The summed E-state index contributed by atoms with van der Waals surface area (Å²) in [5.41, 5.74) is -1.52. The number of alkyl carbamates (subject to hydrolysis) is 1. The second-order valence-corrected chi connectivity index (χ2v) is 20.4. The smallest absolute Gasteiger partial charge is 0.408 e. The predicted octanol–water partition coefficient (Wildman–Crippen LogP) is 5.01. The van der Waals surface area contributed by atoms with Gasteiger partial charge in [0.25, 0.3) is 5.91 Å². The molecule has 1 aromatic heterocycles. The highest BCUT2D eigenvalue weighted by Crippen LogP contribution is 2.57. The Morgan fingerprint density at radius 2 is 1.79 bits per heavy atom. The normalized spacial score (nSPS) is 35.8. The Bertz CT molecular complexity index is 2100. The lowest BCUT2D eigenvalue weighted by Gasteiger charge is -2.33. The Balaban J connectivity index is 1.09. The van der Waals surface area contributed by atoms with E-state index < -0.39 is 68.2 Å². The van der Waals surface area contributed by atoms with Crippen LogP contribution in [0.2, 0.25) is 0 Å². The molecule has 1 saturated heterocycles. The third-order valence-electron chi connectivity index (χ3n) is 13.9. The number of carbonyl (C=O) groups excluding carboxylic acids is 4. The molecule has 4 saturated carbocycles. The highest BCUT2D eigenvalue weighted by atomic mass is 32.2. The first-order chi connectivity index (χ1) is 27.6. The minimum absolute atomic E-state index is 0.000648. The van der Waals surface area contributed by atoms with Gasteiger partial charge in [-0.3, -0.25) is 19.1 Å². The Morgan fingerprint density at radius 3 is 2.52 bits per heavy atom. The second kappa shape index (κ2) is 15.3. The van der Waals surface area contributed by atoms with Crippen molar-refractivity contribution >= 4 is 44.6 Å². The molecule has 3 N–H and O–H groups in total. The molecule has 4 aliphatic carbocycles. The number of allylic oxidation sites excluding steroid dienone is 1. The zero-order valence-corrected chi connectivity index (χ0v) is 34.9. The lowest BCUT2D eigenvalue weighted by molar-refractivity contribution is -0.142. The average Bonchev–Trinajstić information content (AvgIpc) is 4.10. The first-order valence-electron chi connectivity index (χ1n) is 21.1. The Morgan fingerprint density at radius 1 is 1.03 bits per heavy atom. The fourth-order valence-corrected chi connectivity index (χ4v) is 11.1. The van der Waals surface area contributed by atoms with Gasteiger partial charge in [0.2, 0.25) is 27.7 Å². The van der Waals surface area contributed by atoms with Crippen molar-refractivity contribution in [3.8, 4) is 11.6 Å². The predicted molar refractivity (Wildman–Crippen MR) is 215 cm³/mol. The van der Waals surface area contributed by atoms with Crippen molar-refractivity contribution in [3.63, 3.8) is 0 Å². The van der Waals surface area contributed by atoms with Crippen LogP contribution in [0.3, 0.4) is 0 Å². The summed E-state index contributed by atoms with van der Waals surface area (Å²) in [6.07, 6.45) is 8.84. The number of amides is 4. The Hall–Kier alpha value is -4.40. The van der Waals surface area contributed by atoms with Crippen molar-refractivity contribution in [2.45, 2.75) is 127 Å². The Labute approximate surface area is 340 Å². The molecule has 11 atom stereocenters. The fraction of sp³-hybridized carbons (Fsp3) is 0.651. The molecule has 2 aromatic rings. The molecule has 4 amide bonds. The molecular weight excluding hydrogens is 763 g/mol. The van der Waals surface area contributed by atoms with E-state index in [1.165, 1.54) is 4.90 Å². The van der Waals surface area contributed by atoms with Gasteiger partial charge in [-0.2, -0.15) is 0 Å². The van der Waals surface area contributed by atoms with Gasteiger partial charge in [0, 0.05) is 23.9 Å². The number of fused-ring (bicyclic) bond motifs is 4. The number of ether oxygens (including phenoxy) is 3. The maximum Gasteiger partial charge on any atom is 0.408 e. The summed E-state index contributed by atoms with van der Waals surface area (Å²) < 4.78 is 45.8. The first-order valence-corrected chi connectivity index (χ1v) is 22.6. The van der Waals surface area contributed by atoms with Crippen molar-refractivity contribution in [2.75, 3.05) is 13.2 Å². The molecule has 1 aromatic carbocycles. The number of hydrogen-bond acceptors (Lipinski definition) is 10. The van der Waals surface area contributed by atoms with Crippen LogP contribution >= 0.6 is 0 Å². The highest BCUT2D eigenvalue weighted by Gasteiger charge is 2.63. The molecule has 15 heteroatoms. The maximum atomic E-state index is 14.9. The van der Waals surface area contributed by atoms with Crippen molar-refractivity contribution in [2.24, 2.45) is 35.5 Å². The number of sulfonamides is 1. The topological polar surface area (TPSA) is 182 Å². The number of nitrogens with zero attached hydrogens (tertiary/aromatic N) is 2. The number of carbonyl (C=O) groups is 4. The van der Waals surface area contributed by atoms with Gasteiger partial charge in [-0.15, -0.1) is 0 Å². The van der Waals surface area contributed by atoms with Gasteiger partial charge in [0.15, 0.2) is 0 Å². The average molecular weight is 820 g/mol. The summed E-state index contributed by atoms with van der Waals surface area (Å²) in [5, 5.41) is 7.43. The van der Waals surface area contributed by atoms with E-state index in [0.717, 1.165) is 30.0 Å². The van der Waals surface area contributed by atoms with Crippen LogP contribution in [-0.4, -0.2) is 89.8 Å². The van der Waals surface area contributed by atoms with E-state index in [0.29, 0.717) is 61.7 Å². The molecule has 5 fully saturated rings. The molecule has 0 spiro atoms. The minimum Gasteiger partial charge on any atom is -0.494 e. The molecular formula is C43H57N5O9S. The van der Waals surface area contributed by atoms with E-state index >= 15 is 0 Å². The van der Waals surface area contributed by atoms with Crippen molar-refractivity contribution < 1.29 is 41.8 Å². The van der Waals surface area contributed by atoms with E-state index in [4.69, 9.17) is 14.2 Å². The van der Waals surface area contributed by atoms with E-state index in [-0.39, 0.29) is 37.3 Å². The van der Waals surface area contributed by atoms with Crippen molar-refractivity contribution in [3.05, 3.63) is 42.6 Å². The third-order valence-corrected chi connectivity index (χ3v) is 16.1. The monoisotopic (exact) mass is 819 g/mol. The molecule has 2 aliphatic heterocycles. The molecule has 58 heavy (non-hydrogen) atoms. The van der Waals surface area contributed by atoms with E-state index in [9.17, 15) is 27.6 Å². The van der Waals surface area contributed by atoms with Crippen LogP contribution in [0.5, 0.6) is 11.6 Å². The van der Waals surface area contributed by atoms with Crippen LogP contribution in [-0.2, 0) is 29.1 Å². The van der Waals surface area contributed by atoms with Gasteiger partial charge in [-0.1, -0.05) is 32.9 Å². The third kappa shape index (κ3) is 7.87. The van der Waals surface area contributed by atoms with Gasteiger partial charge in [-0.05, 0) is 124 Å². The molecule has 314 valence electrons. The molecule has 0 bridgehead atoms. The van der Waals surface area contributed by atoms with Crippen LogP contribution in [0.15, 0.2) is 42.6 Å². The second-order valence-electron chi connectivity index (χ2n) is 18.2. The zero-order chi connectivity index (χ0) is 41.1. The van der Waals surface area contributed by atoms with Crippen LogP contribution in [0.1, 0.15) is 92.4 Å². The fourth-order valence-electron chi connectivity index (χ4n) is 9.76. The number of pyridine rings is 1. The number of benzene rings is 1. The Kier molecular flexibility index (Phi) is 10.7. The first kappa shape index (κ1) is 40.4. The van der Waals surface area contributed by atoms with Gasteiger partial charge in [0.05, 0.1) is 17.9 Å². The summed E-state index contributed by atoms with van der Waals surface area (Å²) in [6, 6.07) is 5.31. The van der Waals surface area contributed by atoms with Crippen LogP contribution in [0, 0.1) is 35.5 Å². The van der Waals surface area contributed by atoms with Gasteiger partial charge < -0.3 is 29.7 Å². The maximum absolute atomic E-state index is 14.9. The van der Waals surface area contributed by atoms with Gasteiger partial charge >= 0.3 is 6.09 Å². The summed E-state index contributed by atoms with van der Waals surface area (Å²) >= 11 is 0. The zero-order valence-electron chi connectivity index (χ0n) is 34.1. The summed E-state index contributed by atoms with van der Waals surface area (Å²) in [7, 11) is -3.99. The van der Waals surface area contributed by atoms with E-state index in [1.54, 1.807) is 13.1 Å². The van der Waals surface area contributed by atoms with Crippen LogP contribution in [0.4, 0.5) is 4.79 Å². The quantitative estimate of drug-likeness (QED) is 0.291. The van der Waals surface area contributed by atoms with Gasteiger partial charge in [0.1, 0.15) is 35.6 Å². The largest absolute Gasteiger partial charge is 0.494 e. The lowest BCUT2D eigenvalue weighted by atomic mass is 9.88.